The van der Waals surface area contributed by atoms with Crippen LogP contribution in [0.3, 0.4) is 0 Å². The predicted molar refractivity (Wildman–Crippen MR) is 54.8 cm³/mol. The quantitative estimate of drug-likeness (QED) is 0.738. The number of nitrogens with one attached hydrogen (secondary N) is 1. The fraction of sp³-hybridized carbons (Fsp3) is 0.455. The van der Waals surface area contributed by atoms with Gasteiger partial charge in [-0.1, -0.05) is 18.2 Å². The summed E-state index contributed by atoms with van der Waals surface area (Å²) in [5.74, 6) is 0. The zero-order chi connectivity index (χ0) is 9.84. The molecule has 0 aliphatic rings. The van der Waals surface area contributed by atoms with Crippen LogP contribution < -0.4 is 5.32 Å². The first-order chi connectivity index (χ1) is 6.20. The molecule has 0 fully saturated rings. The molecule has 0 amide bonds. The molecule has 0 aliphatic carbocycles. The lowest BCUT2D eigenvalue weighted by Crippen LogP contribution is -2.21. The predicted octanol–water partition coefficient (Wildman–Crippen LogP) is 1.56. The molecular weight excluding hydrogens is 162 g/mol. The van der Waals surface area contributed by atoms with E-state index in [1.165, 1.54) is 16.7 Å². The fourth-order valence-electron chi connectivity index (χ4n) is 1.50. The molecule has 0 bridgehead atoms. The smallest absolute Gasteiger partial charge is 0.0626 e. The van der Waals surface area contributed by atoms with Crippen molar-refractivity contribution in [1.82, 2.24) is 5.32 Å². The van der Waals surface area contributed by atoms with Crippen LogP contribution >= 0.6 is 0 Å². The van der Waals surface area contributed by atoms with Gasteiger partial charge in [0.25, 0.3) is 0 Å². The van der Waals surface area contributed by atoms with Crippen molar-refractivity contribution >= 4 is 0 Å². The van der Waals surface area contributed by atoms with Crippen molar-refractivity contribution in [1.29, 1.82) is 0 Å². The number of rotatable bonds is 3. The van der Waals surface area contributed by atoms with Gasteiger partial charge >= 0.3 is 0 Å². The third-order valence-corrected chi connectivity index (χ3v) is 2.55. The minimum Gasteiger partial charge on any atom is -0.394 e. The topological polar surface area (TPSA) is 32.3 Å². The average molecular weight is 179 g/mol. The van der Waals surface area contributed by atoms with Crippen LogP contribution in [0.4, 0.5) is 0 Å². The Kier molecular flexibility index (Phi) is 3.46. The Hall–Kier alpha value is -0.860. The molecule has 0 aromatic heterocycles. The summed E-state index contributed by atoms with van der Waals surface area (Å²) in [4.78, 5) is 0. The lowest BCUT2D eigenvalue weighted by molar-refractivity contribution is 0.250. The maximum absolute atomic E-state index is 9.13. The SMILES string of the molecule is CN[C@@H](CO)c1cccc(C)c1C. The van der Waals surface area contributed by atoms with E-state index in [2.05, 4.69) is 31.3 Å². The summed E-state index contributed by atoms with van der Waals surface area (Å²) in [6.07, 6.45) is 0. The molecule has 13 heavy (non-hydrogen) atoms. The molecule has 2 heteroatoms. The standard InChI is InChI=1S/C11H17NO/c1-8-5-4-6-10(9(8)2)11(7-13)12-3/h4-6,11-13H,7H2,1-3H3/t11-/m0/s1. The highest BCUT2D eigenvalue weighted by Crippen LogP contribution is 2.19. The van der Waals surface area contributed by atoms with Crippen molar-refractivity contribution in [2.75, 3.05) is 13.7 Å². The Morgan fingerprint density at radius 2 is 2.08 bits per heavy atom. The summed E-state index contributed by atoms with van der Waals surface area (Å²) in [5, 5.41) is 12.2. The number of benzene rings is 1. The van der Waals surface area contributed by atoms with E-state index >= 15 is 0 Å². The van der Waals surface area contributed by atoms with E-state index in [0.717, 1.165) is 0 Å². The molecule has 1 atom stereocenters. The lowest BCUT2D eigenvalue weighted by Gasteiger charge is -2.17. The maximum atomic E-state index is 9.13. The summed E-state index contributed by atoms with van der Waals surface area (Å²) < 4.78 is 0. The third-order valence-electron chi connectivity index (χ3n) is 2.55. The van der Waals surface area contributed by atoms with E-state index in [-0.39, 0.29) is 12.6 Å². The highest BCUT2D eigenvalue weighted by molar-refractivity contribution is 5.35. The van der Waals surface area contributed by atoms with Gasteiger partial charge in [0.05, 0.1) is 12.6 Å². The Labute approximate surface area is 79.6 Å². The van der Waals surface area contributed by atoms with Crippen LogP contribution in [0.5, 0.6) is 0 Å². The maximum Gasteiger partial charge on any atom is 0.0626 e. The third kappa shape index (κ3) is 2.08. The molecule has 0 radical (unpaired) electrons. The second-order valence-electron chi connectivity index (χ2n) is 3.31. The summed E-state index contributed by atoms with van der Waals surface area (Å²) in [6.45, 7) is 4.31. The molecule has 0 aliphatic heterocycles. The summed E-state index contributed by atoms with van der Waals surface area (Å²) in [6, 6.07) is 6.22. The number of hydrogen-bond donors (Lipinski definition) is 2. The van der Waals surface area contributed by atoms with Crippen LogP contribution in [0, 0.1) is 13.8 Å². The Morgan fingerprint density at radius 1 is 1.38 bits per heavy atom. The molecule has 0 saturated carbocycles. The van der Waals surface area contributed by atoms with Gasteiger partial charge in [-0.05, 0) is 37.6 Å². The van der Waals surface area contributed by atoms with Gasteiger partial charge in [0.1, 0.15) is 0 Å². The van der Waals surface area contributed by atoms with Gasteiger partial charge in [-0.25, -0.2) is 0 Å². The van der Waals surface area contributed by atoms with Crippen molar-refractivity contribution in [2.45, 2.75) is 19.9 Å². The molecule has 0 heterocycles. The molecule has 2 N–H and O–H groups in total. The van der Waals surface area contributed by atoms with E-state index in [1.807, 2.05) is 13.1 Å². The van der Waals surface area contributed by atoms with Crippen LogP contribution in [-0.4, -0.2) is 18.8 Å². The van der Waals surface area contributed by atoms with Crippen LogP contribution in [0.15, 0.2) is 18.2 Å². The Bertz CT molecular complexity index is 279. The Morgan fingerprint density at radius 3 is 2.62 bits per heavy atom. The minimum atomic E-state index is 0.0555. The molecule has 1 aromatic rings. The van der Waals surface area contributed by atoms with Gasteiger partial charge in [-0.15, -0.1) is 0 Å². The molecule has 72 valence electrons. The molecule has 1 rings (SSSR count). The molecule has 0 unspecified atom stereocenters. The average Bonchev–Trinajstić information content (AvgIpc) is 2.14. The van der Waals surface area contributed by atoms with Crippen LogP contribution in [0.2, 0.25) is 0 Å². The summed E-state index contributed by atoms with van der Waals surface area (Å²) in [7, 11) is 1.86. The first-order valence-corrected chi connectivity index (χ1v) is 4.55. The Balaban J connectivity index is 3.05. The minimum absolute atomic E-state index is 0.0555. The van der Waals surface area contributed by atoms with Crippen molar-refractivity contribution in [3.63, 3.8) is 0 Å². The van der Waals surface area contributed by atoms with Crippen molar-refractivity contribution < 1.29 is 5.11 Å². The van der Waals surface area contributed by atoms with Crippen molar-refractivity contribution in [2.24, 2.45) is 0 Å². The second-order valence-corrected chi connectivity index (χ2v) is 3.31. The fourth-order valence-corrected chi connectivity index (χ4v) is 1.50. The molecule has 0 spiro atoms. The molecule has 1 aromatic carbocycles. The van der Waals surface area contributed by atoms with Gasteiger partial charge in [-0.2, -0.15) is 0 Å². The molecular formula is C11H17NO. The van der Waals surface area contributed by atoms with Crippen molar-refractivity contribution in [3.8, 4) is 0 Å². The summed E-state index contributed by atoms with van der Waals surface area (Å²) in [5.41, 5.74) is 3.71. The van der Waals surface area contributed by atoms with Gasteiger partial charge in [0.15, 0.2) is 0 Å². The first-order valence-electron chi connectivity index (χ1n) is 4.55. The molecule has 2 nitrogen and oxygen atoms in total. The van der Waals surface area contributed by atoms with Crippen LogP contribution in [0.25, 0.3) is 0 Å². The van der Waals surface area contributed by atoms with E-state index in [0.29, 0.717) is 0 Å². The number of likely N-dealkylation sites (N-methyl/N-ethyl adjacent to an activating group) is 1. The zero-order valence-corrected chi connectivity index (χ0v) is 8.46. The number of aliphatic hydroxyl groups excluding tert-OH is 1. The monoisotopic (exact) mass is 179 g/mol. The second kappa shape index (κ2) is 4.40. The van der Waals surface area contributed by atoms with Gasteiger partial charge < -0.3 is 10.4 Å². The van der Waals surface area contributed by atoms with E-state index in [4.69, 9.17) is 5.11 Å². The van der Waals surface area contributed by atoms with Crippen molar-refractivity contribution in [3.05, 3.63) is 34.9 Å². The normalized spacial score (nSPS) is 12.9. The first kappa shape index (κ1) is 10.2. The number of aryl methyl sites for hydroxylation is 1. The van der Waals surface area contributed by atoms with Gasteiger partial charge in [0, 0.05) is 0 Å². The number of hydrogen-bond acceptors (Lipinski definition) is 2. The van der Waals surface area contributed by atoms with E-state index in [1.54, 1.807) is 0 Å². The molecule has 0 saturated heterocycles. The summed E-state index contributed by atoms with van der Waals surface area (Å²) >= 11 is 0. The highest BCUT2D eigenvalue weighted by atomic mass is 16.3. The lowest BCUT2D eigenvalue weighted by atomic mass is 9.98. The largest absolute Gasteiger partial charge is 0.394 e. The van der Waals surface area contributed by atoms with Crippen LogP contribution in [0.1, 0.15) is 22.7 Å². The van der Waals surface area contributed by atoms with E-state index in [9.17, 15) is 0 Å². The van der Waals surface area contributed by atoms with Gasteiger partial charge in [0.2, 0.25) is 0 Å². The van der Waals surface area contributed by atoms with Crippen LogP contribution in [-0.2, 0) is 0 Å². The zero-order valence-electron chi connectivity index (χ0n) is 8.46. The van der Waals surface area contributed by atoms with Gasteiger partial charge in [-0.3, -0.25) is 0 Å². The highest BCUT2D eigenvalue weighted by Gasteiger charge is 2.10. The van der Waals surface area contributed by atoms with E-state index < -0.39 is 0 Å². The number of aliphatic hydroxyl groups is 1.